The number of rotatable bonds is 6. The monoisotopic (exact) mass is 203 g/mol. The number of likely N-dealkylation sites (N-methyl/N-ethyl adjacent to an activating group) is 1. The van der Waals surface area contributed by atoms with E-state index in [1.165, 1.54) is 11.1 Å². The van der Waals surface area contributed by atoms with Gasteiger partial charge in [-0.1, -0.05) is 50.8 Å². The second kappa shape index (κ2) is 6.41. The zero-order valence-electron chi connectivity index (χ0n) is 9.87. The summed E-state index contributed by atoms with van der Waals surface area (Å²) in [4.78, 5) is 2.45. The summed E-state index contributed by atoms with van der Waals surface area (Å²) in [7, 11) is 0. The first-order valence-corrected chi connectivity index (χ1v) is 5.73. The number of hydrogen-bond acceptors (Lipinski definition) is 1. The lowest BCUT2D eigenvalue weighted by atomic mass is 10.1. The largest absolute Gasteiger partial charge is 0.304 e. The van der Waals surface area contributed by atoms with Crippen molar-refractivity contribution in [3.63, 3.8) is 0 Å². The van der Waals surface area contributed by atoms with Crippen LogP contribution in [0.15, 0.2) is 30.8 Å². The maximum absolute atomic E-state index is 3.75. The van der Waals surface area contributed by atoms with Gasteiger partial charge in [0.15, 0.2) is 0 Å². The van der Waals surface area contributed by atoms with Gasteiger partial charge in [0, 0.05) is 6.54 Å². The summed E-state index contributed by atoms with van der Waals surface area (Å²) in [5, 5.41) is 0. The van der Waals surface area contributed by atoms with Crippen molar-refractivity contribution in [2.45, 2.75) is 20.3 Å². The first-order valence-electron chi connectivity index (χ1n) is 5.73. The van der Waals surface area contributed by atoms with E-state index in [0.717, 1.165) is 26.1 Å². The normalized spacial score (nSPS) is 10.6. The molecule has 82 valence electrons. The summed E-state index contributed by atoms with van der Waals surface area (Å²) in [5.41, 5.74) is 2.61. The van der Waals surface area contributed by atoms with Crippen LogP contribution >= 0.6 is 0 Å². The van der Waals surface area contributed by atoms with E-state index in [-0.39, 0.29) is 0 Å². The molecule has 0 atom stereocenters. The Labute approximate surface area is 93.4 Å². The summed E-state index contributed by atoms with van der Waals surface area (Å²) >= 11 is 0. The van der Waals surface area contributed by atoms with Gasteiger partial charge in [0.25, 0.3) is 0 Å². The minimum atomic E-state index is 1.14. The van der Waals surface area contributed by atoms with Crippen LogP contribution in [0, 0.1) is 0 Å². The fourth-order valence-electron chi connectivity index (χ4n) is 1.65. The highest BCUT2D eigenvalue weighted by Crippen LogP contribution is 2.06. The molecular formula is C14H21N. The van der Waals surface area contributed by atoms with Gasteiger partial charge < -0.3 is 4.90 Å². The number of hydrogen-bond donors (Lipinski definition) is 0. The number of nitrogens with zero attached hydrogens (tertiary/aromatic N) is 1. The molecule has 0 heterocycles. The molecule has 0 radical (unpaired) electrons. The van der Waals surface area contributed by atoms with Gasteiger partial charge in [-0.25, -0.2) is 0 Å². The third-order valence-electron chi connectivity index (χ3n) is 2.83. The van der Waals surface area contributed by atoms with E-state index < -0.39 is 0 Å². The van der Waals surface area contributed by atoms with E-state index in [1.807, 2.05) is 6.08 Å². The van der Waals surface area contributed by atoms with E-state index >= 15 is 0 Å². The molecule has 0 N–H and O–H groups in total. The molecule has 1 heteroatoms. The lowest BCUT2D eigenvalue weighted by Crippen LogP contribution is -2.25. The highest BCUT2D eigenvalue weighted by atomic mass is 15.1. The van der Waals surface area contributed by atoms with Crippen LogP contribution in [0.2, 0.25) is 0 Å². The van der Waals surface area contributed by atoms with Crippen LogP contribution < -0.4 is 0 Å². The molecule has 0 unspecified atom stereocenters. The summed E-state index contributed by atoms with van der Waals surface area (Å²) in [6.45, 7) is 11.6. The Morgan fingerprint density at radius 1 is 1.13 bits per heavy atom. The predicted molar refractivity (Wildman–Crippen MR) is 68.0 cm³/mol. The van der Waals surface area contributed by atoms with E-state index in [2.05, 4.69) is 49.6 Å². The Morgan fingerprint density at radius 2 is 1.73 bits per heavy atom. The summed E-state index contributed by atoms with van der Waals surface area (Å²) in [5.74, 6) is 0. The second-order valence-electron chi connectivity index (χ2n) is 3.72. The zero-order valence-corrected chi connectivity index (χ0v) is 9.87. The maximum Gasteiger partial charge on any atom is 0.00216 e. The van der Waals surface area contributed by atoms with Gasteiger partial charge in [-0.05, 0) is 30.6 Å². The van der Waals surface area contributed by atoms with Crippen LogP contribution in [0.5, 0.6) is 0 Å². The SMILES string of the molecule is C=Cc1ccc(CCN(CC)CC)cc1. The van der Waals surface area contributed by atoms with Crippen molar-refractivity contribution in [1.82, 2.24) is 4.90 Å². The maximum atomic E-state index is 3.75. The molecule has 0 aliphatic rings. The van der Waals surface area contributed by atoms with Gasteiger partial charge in [0.05, 0.1) is 0 Å². The van der Waals surface area contributed by atoms with E-state index in [9.17, 15) is 0 Å². The summed E-state index contributed by atoms with van der Waals surface area (Å²) in [6, 6.07) is 8.65. The van der Waals surface area contributed by atoms with Crippen molar-refractivity contribution in [3.8, 4) is 0 Å². The number of benzene rings is 1. The average molecular weight is 203 g/mol. The standard InChI is InChI=1S/C14H21N/c1-4-13-7-9-14(10-8-13)11-12-15(5-2)6-3/h4,7-10H,1,5-6,11-12H2,2-3H3. The van der Waals surface area contributed by atoms with Crippen molar-refractivity contribution in [3.05, 3.63) is 42.0 Å². The van der Waals surface area contributed by atoms with Crippen LogP contribution in [0.1, 0.15) is 25.0 Å². The van der Waals surface area contributed by atoms with Crippen molar-refractivity contribution < 1.29 is 0 Å². The molecule has 0 saturated heterocycles. The fraction of sp³-hybridized carbons (Fsp3) is 0.429. The summed E-state index contributed by atoms with van der Waals surface area (Å²) < 4.78 is 0. The molecule has 15 heavy (non-hydrogen) atoms. The van der Waals surface area contributed by atoms with Gasteiger partial charge >= 0.3 is 0 Å². The smallest absolute Gasteiger partial charge is 0.00216 e. The first-order chi connectivity index (χ1) is 7.30. The van der Waals surface area contributed by atoms with Gasteiger partial charge in [-0.3, -0.25) is 0 Å². The van der Waals surface area contributed by atoms with Crippen LogP contribution in [0.3, 0.4) is 0 Å². The Balaban J connectivity index is 2.46. The highest BCUT2D eigenvalue weighted by molar-refractivity contribution is 5.47. The average Bonchev–Trinajstić information content (AvgIpc) is 2.31. The molecule has 1 nitrogen and oxygen atoms in total. The van der Waals surface area contributed by atoms with Crippen molar-refractivity contribution >= 4 is 6.08 Å². The van der Waals surface area contributed by atoms with Crippen LogP contribution in [-0.2, 0) is 6.42 Å². The minimum absolute atomic E-state index is 1.14. The van der Waals surface area contributed by atoms with Crippen molar-refractivity contribution in [1.29, 1.82) is 0 Å². The van der Waals surface area contributed by atoms with Crippen molar-refractivity contribution in [2.75, 3.05) is 19.6 Å². The van der Waals surface area contributed by atoms with Crippen LogP contribution in [0.25, 0.3) is 6.08 Å². The molecule has 0 fully saturated rings. The lowest BCUT2D eigenvalue weighted by molar-refractivity contribution is 0.308. The lowest BCUT2D eigenvalue weighted by Gasteiger charge is -2.17. The quantitative estimate of drug-likeness (QED) is 0.686. The van der Waals surface area contributed by atoms with Crippen LogP contribution in [0.4, 0.5) is 0 Å². The molecule has 0 aliphatic carbocycles. The molecule has 0 saturated carbocycles. The molecule has 0 amide bonds. The Bertz CT molecular complexity index is 283. The van der Waals surface area contributed by atoms with Crippen molar-refractivity contribution in [2.24, 2.45) is 0 Å². The second-order valence-corrected chi connectivity index (χ2v) is 3.72. The topological polar surface area (TPSA) is 3.24 Å². The fourth-order valence-corrected chi connectivity index (χ4v) is 1.65. The third-order valence-corrected chi connectivity index (χ3v) is 2.83. The molecule has 1 aromatic carbocycles. The molecule has 0 bridgehead atoms. The Kier molecular flexibility index (Phi) is 5.13. The van der Waals surface area contributed by atoms with Crippen LogP contribution in [-0.4, -0.2) is 24.5 Å². The molecular weight excluding hydrogens is 182 g/mol. The van der Waals surface area contributed by atoms with E-state index in [0.29, 0.717) is 0 Å². The first kappa shape index (κ1) is 12.0. The Hall–Kier alpha value is -1.08. The molecule has 0 spiro atoms. The molecule has 1 rings (SSSR count). The van der Waals surface area contributed by atoms with Gasteiger partial charge in [0.1, 0.15) is 0 Å². The summed E-state index contributed by atoms with van der Waals surface area (Å²) in [6.07, 6.45) is 3.02. The molecule has 0 aromatic heterocycles. The predicted octanol–water partition coefficient (Wildman–Crippen LogP) is 3.21. The van der Waals surface area contributed by atoms with E-state index in [1.54, 1.807) is 0 Å². The van der Waals surface area contributed by atoms with Gasteiger partial charge in [0.2, 0.25) is 0 Å². The minimum Gasteiger partial charge on any atom is -0.304 e. The van der Waals surface area contributed by atoms with Gasteiger partial charge in [-0.2, -0.15) is 0 Å². The van der Waals surface area contributed by atoms with E-state index in [4.69, 9.17) is 0 Å². The zero-order chi connectivity index (χ0) is 11.1. The molecule has 1 aromatic rings. The highest BCUT2D eigenvalue weighted by Gasteiger charge is 1.99. The molecule has 0 aliphatic heterocycles. The third kappa shape index (κ3) is 3.88. The van der Waals surface area contributed by atoms with Gasteiger partial charge in [-0.15, -0.1) is 0 Å². The Morgan fingerprint density at radius 3 is 2.20 bits per heavy atom.